The number of aromatic nitrogens is 2. The molecule has 0 unspecified atom stereocenters. The van der Waals surface area contributed by atoms with Gasteiger partial charge in [0.2, 0.25) is 6.79 Å². The molecule has 1 N–H and O–H groups in total. The number of ether oxygens (including phenoxy) is 2. The lowest BCUT2D eigenvalue weighted by Crippen LogP contribution is -2.06. The number of allylic oxidation sites excluding steroid dienone is 1. The Morgan fingerprint density at radius 3 is 2.86 bits per heavy atom. The van der Waals surface area contributed by atoms with Gasteiger partial charge >= 0.3 is 0 Å². The molecule has 0 atom stereocenters. The van der Waals surface area contributed by atoms with Crippen LogP contribution in [-0.2, 0) is 13.0 Å². The molecule has 0 amide bonds. The van der Waals surface area contributed by atoms with Crippen LogP contribution >= 0.6 is 0 Å². The quantitative estimate of drug-likeness (QED) is 0.734. The van der Waals surface area contributed by atoms with Gasteiger partial charge in [-0.3, -0.25) is 0 Å². The van der Waals surface area contributed by atoms with Gasteiger partial charge in [-0.15, -0.1) is 0 Å². The standard InChI is InChI=1S/C22H18FN3O2/c1-13-2-4-16(18(23)6-13)15-8-17-19(9-15)25-11-26-22(17)24-10-14-3-5-20-21(7-14)28-12-27-20/h2-7,9,11H,8,10,12H2,1H3,(H,24,25,26). The summed E-state index contributed by atoms with van der Waals surface area (Å²) in [4.78, 5) is 8.76. The zero-order valence-corrected chi connectivity index (χ0v) is 15.3. The van der Waals surface area contributed by atoms with Crippen LogP contribution in [0.2, 0.25) is 0 Å². The second-order valence-electron chi connectivity index (χ2n) is 6.96. The van der Waals surface area contributed by atoms with Crippen LogP contribution in [0.15, 0.2) is 42.7 Å². The molecule has 1 aliphatic heterocycles. The van der Waals surface area contributed by atoms with Crippen LogP contribution < -0.4 is 14.8 Å². The van der Waals surface area contributed by atoms with Crippen molar-refractivity contribution in [2.75, 3.05) is 12.1 Å². The first-order valence-electron chi connectivity index (χ1n) is 9.11. The third-order valence-corrected chi connectivity index (χ3v) is 5.02. The number of benzene rings is 2. The fraction of sp³-hybridized carbons (Fsp3) is 0.182. The highest BCUT2D eigenvalue weighted by atomic mass is 19.1. The molecular weight excluding hydrogens is 357 g/mol. The number of aryl methyl sites for hydroxylation is 1. The zero-order valence-electron chi connectivity index (χ0n) is 15.3. The molecule has 0 saturated heterocycles. The van der Waals surface area contributed by atoms with E-state index in [-0.39, 0.29) is 12.6 Å². The van der Waals surface area contributed by atoms with Crippen LogP contribution in [0.5, 0.6) is 11.5 Å². The Labute approximate surface area is 161 Å². The molecule has 1 aliphatic carbocycles. The molecule has 1 aromatic heterocycles. The van der Waals surface area contributed by atoms with Crippen molar-refractivity contribution in [3.8, 4) is 11.5 Å². The molecule has 3 aromatic rings. The van der Waals surface area contributed by atoms with Crippen molar-refractivity contribution in [2.45, 2.75) is 19.9 Å². The van der Waals surface area contributed by atoms with Crippen molar-refractivity contribution >= 4 is 17.5 Å². The van der Waals surface area contributed by atoms with E-state index in [0.29, 0.717) is 18.5 Å². The fourth-order valence-electron chi connectivity index (χ4n) is 3.57. The smallest absolute Gasteiger partial charge is 0.231 e. The summed E-state index contributed by atoms with van der Waals surface area (Å²) in [6.45, 7) is 2.73. The van der Waals surface area contributed by atoms with Gasteiger partial charge in [-0.05, 0) is 47.9 Å². The van der Waals surface area contributed by atoms with Gasteiger partial charge in [0.15, 0.2) is 11.5 Å². The molecule has 2 aliphatic rings. The Hall–Kier alpha value is -3.41. The Morgan fingerprint density at radius 2 is 1.96 bits per heavy atom. The van der Waals surface area contributed by atoms with Gasteiger partial charge in [0.05, 0.1) is 5.69 Å². The van der Waals surface area contributed by atoms with E-state index in [0.717, 1.165) is 45.3 Å². The molecule has 140 valence electrons. The second kappa shape index (κ2) is 6.64. The molecule has 28 heavy (non-hydrogen) atoms. The van der Waals surface area contributed by atoms with Gasteiger partial charge in [-0.1, -0.05) is 18.2 Å². The fourth-order valence-corrected chi connectivity index (χ4v) is 3.57. The first kappa shape index (κ1) is 16.7. The number of rotatable bonds is 4. The van der Waals surface area contributed by atoms with E-state index < -0.39 is 0 Å². The van der Waals surface area contributed by atoms with Crippen molar-refractivity contribution < 1.29 is 13.9 Å². The summed E-state index contributed by atoms with van der Waals surface area (Å²) in [5, 5.41) is 3.37. The average molecular weight is 375 g/mol. The van der Waals surface area contributed by atoms with Crippen LogP contribution in [0.25, 0.3) is 11.6 Å². The van der Waals surface area contributed by atoms with E-state index in [9.17, 15) is 4.39 Å². The molecule has 2 heterocycles. The summed E-state index contributed by atoms with van der Waals surface area (Å²) in [6.07, 6.45) is 4.07. The molecule has 0 saturated carbocycles. The highest BCUT2D eigenvalue weighted by molar-refractivity contribution is 5.89. The highest BCUT2D eigenvalue weighted by Crippen LogP contribution is 2.36. The third-order valence-electron chi connectivity index (χ3n) is 5.02. The maximum absolute atomic E-state index is 14.4. The monoisotopic (exact) mass is 375 g/mol. The average Bonchev–Trinajstić information content (AvgIpc) is 3.32. The molecule has 6 heteroatoms. The van der Waals surface area contributed by atoms with Crippen molar-refractivity contribution in [1.82, 2.24) is 9.97 Å². The van der Waals surface area contributed by atoms with Crippen molar-refractivity contribution in [3.05, 3.63) is 76.5 Å². The minimum atomic E-state index is -0.207. The number of fused-ring (bicyclic) bond motifs is 2. The zero-order chi connectivity index (χ0) is 19.1. The lowest BCUT2D eigenvalue weighted by Gasteiger charge is -2.11. The molecule has 0 bridgehead atoms. The van der Waals surface area contributed by atoms with Crippen LogP contribution in [0.4, 0.5) is 10.2 Å². The van der Waals surface area contributed by atoms with E-state index in [4.69, 9.17) is 9.47 Å². The lowest BCUT2D eigenvalue weighted by molar-refractivity contribution is 0.174. The summed E-state index contributed by atoms with van der Waals surface area (Å²) in [7, 11) is 0. The van der Waals surface area contributed by atoms with E-state index in [1.54, 1.807) is 6.07 Å². The van der Waals surface area contributed by atoms with Crippen LogP contribution in [0.3, 0.4) is 0 Å². The van der Waals surface area contributed by atoms with Crippen LogP contribution in [-0.4, -0.2) is 16.8 Å². The van der Waals surface area contributed by atoms with Gasteiger partial charge in [0.1, 0.15) is 18.0 Å². The van der Waals surface area contributed by atoms with Crippen molar-refractivity contribution in [3.63, 3.8) is 0 Å². The SMILES string of the molecule is Cc1ccc(C2=Cc3ncnc(NCc4ccc5c(c4)OCO5)c3C2)c(F)c1. The molecule has 0 spiro atoms. The van der Waals surface area contributed by atoms with E-state index in [1.165, 1.54) is 6.33 Å². The maximum atomic E-state index is 14.4. The predicted molar refractivity (Wildman–Crippen MR) is 105 cm³/mol. The highest BCUT2D eigenvalue weighted by Gasteiger charge is 2.21. The van der Waals surface area contributed by atoms with E-state index in [1.807, 2.05) is 43.3 Å². The molecule has 0 fully saturated rings. The lowest BCUT2D eigenvalue weighted by atomic mass is 10.0. The van der Waals surface area contributed by atoms with E-state index in [2.05, 4.69) is 15.3 Å². The molecule has 5 rings (SSSR count). The Morgan fingerprint density at radius 1 is 1.07 bits per heavy atom. The number of anilines is 1. The van der Waals surface area contributed by atoms with Crippen molar-refractivity contribution in [1.29, 1.82) is 0 Å². The van der Waals surface area contributed by atoms with Crippen LogP contribution in [0, 0.1) is 12.7 Å². The second-order valence-corrected chi connectivity index (χ2v) is 6.96. The Balaban J connectivity index is 1.36. The molecular formula is C22H18FN3O2. The molecule has 2 aromatic carbocycles. The Bertz CT molecular complexity index is 1110. The Kier molecular flexibility index (Phi) is 3.97. The topological polar surface area (TPSA) is 56.3 Å². The summed E-state index contributed by atoms with van der Waals surface area (Å²) in [5.41, 5.74) is 5.32. The number of hydrogen-bond donors (Lipinski definition) is 1. The largest absolute Gasteiger partial charge is 0.454 e. The van der Waals surface area contributed by atoms with Gasteiger partial charge in [0.25, 0.3) is 0 Å². The predicted octanol–water partition coefficient (Wildman–Crippen LogP) is 4.36. The van der Waals surface area contributed by atoms with Crippen molar-refractivity contribution in [2.24, 2.45) is 0 Å². The normalized spacial score (nSPS) is 14.0. The summed E-state index contributed by atoms with van der Waals surface area (Å²) >= 11 is 0. The van der Waals surface area contributed by atoms with Crippen LogP contribution in [0.1, 0.15) is 27.9 Å². The number of halogens is 1. The number of hydrogen-bond acceptors (Lipinski definition) is 5. The summed E-state index contributed by atoms with van der Waals surface area (Å²) < 4.78 is 25.2. The summed E-state index contributed by atoms with van der Waals surface area (Å²) in [5.74, 6) is 2.08. The van der Waals surface area contributed by atoms with Gasteiger partial charge in [-0.2, -0.15) is 0 Å². The third kappa shape index (κ3) is 2.97. The first-order valence-corrected chi connectivity index (χ1v) is 9.11. The van der Waals surface area contributed by atoms with Gasteiger partial charge in [0, 0.05) is 24.1 Å². The van der Waals surface area contributed by atoms with Gasteiger partial charge in [-0.25, -0.2) is 14.4 Å². The summed E-state index contributed by atoms with van der Waals surface area (Å²) in [6, 6.07) is 11.2. The minimum Gasteiger partial charge on any atom is -0.454 e. The molecule has 5 nitrogen and oxygen atoms in total. The number of nitrogens with one attached hydrogen (secondary N) is 1. The number of nitrogens with zero attached hydrogens (tertiary/aromatic N) is 2. The minimum absolute atomic E-state index is 0.207. The maximum Gasteiger partial charge on any atom is 0.231 e. The van der Waals surface area contributed by atoms with E-state index >= 15 is 0 Å². The van der Waals surface area contributed by atoms with Gasteiger partial charge < -0.3 is 14.8 Å². The first-order chi connectivity index (χ1) is 13.7. The molecule has 0 radical (unpaired) electrons.